The molecular weight excluding hydrogens is 335 g/mol. The molecule has 0 saturated carbocycles. The molecule has 0 bridgehead atoms. The van der Waals surface area contributed by atoms with E-state index in [-0.39, 0.29) is 28.4 Å². The Morgan fingerprint density at radius 3 is 2.52 bits per heavy atom. The van der Waals surface area contributed by atoms with Crippen LogP contribution in [0, 0.1) is 11.2 Å². The van der Waals surface area contributed by atoms with Crippen LogP contribution in [0.1, 0.15) is 19.8 Å². The maximum absolute atomic E-state index is 13.3. The second kappa shape index (κ2) is 5.79. The van der Waals surface area contributed by atoms with Gasteiger partial charge in [-0.3, -0.25) is 0 Å². The van der Waals surface area contributed by atoms with E-state index in [9.17, 15) is 12.8 Å². The molecule has 0 aromatic heterocycles. The Labute approximate surface area is 134 Å². The first kappa shape index (κ1) is 16.6. The number of sulfonamides is 1. The van der Waals surface area contributed by atoms with Crippen LogP contribution in [-0.2, 0) is 10.0 Å². The van der Waals surface area contributed by atoms with Crippen LogP contribution in [0.5, 0.6) is 0 Å². The topological polar surface area (TPSA) is 63.4 Å². The molecule has 8 heteroatoms. The lowest BCUT2D eigenvalue weighted by atomic mass is 9.81. The van der Waals surface area contributed by atoms with Crippen LogP contribution >= 0.6 is 23.8 Å². The summed E-state index contributed by atoms with van der Waals surface area (Å²) in [5, 5.41) is 0.0130. The maximum atomic E-state index is 13.3. The highest BCUT2D eigenvalue weighted by molar-refractivity contribution is 7.89. The van der Waals surface area contributed by atoms with Crippen LogP contribution in [-0.4, -0.2) is 30.8 Å². The molecule has 0 radical (unpaired) electrons. The van der Waals surface area contributed by atoms with Crippen LogP contribution in [0.3, 0.4) is 0 Å². The first-order valence-electron chi connectivity index (χ1n) is 6.42. The third-order valence-electron chi connectivity index (χ3n) is 3.93. The summed E-state index contributed by atoms with van der Waals surface area (Å²) in [7, 11) is -3.81. The molecule has 1 heterocycles. The van der Waals surface area contributed by atoms with Crippen molar-refractivity contribution < 1.29 is 12.8 Å². The number of rotatable bonds is 3. The number of piperidine rings is 1. The lowest BCUT2D eigenvalue weighted by molar-refractivity contribution is 0.244. The second-order valence-corrected chi connectivity index (χ2v) is 8.16. The smallest absolute Gasteiger partial charge is 0.244 e. The van der Waals surface area contributed by atoms with Crippen LogP contribution in [0.15, 0.2) is 23.1 Å². The Balaban J connectivity index is 2.27. The molecule has 1 aliphatic rings. The Bertz CT molecular complexity index is 671. The zero-order chi connectivity index (χ0) is 15.8. The van der Waals surface area contributed by atoms with Crippen LogP contribution < -0.4 is 5.73 Å². The molecule has 2 N–H and O–H groups in total. The van der Waals surface area contributed by atoms with Gasteiger partial charge in [0.1, 0.15) is 10.7 Å². The number of nitrogens with two attached hydrogens (primary N) is 1. The van der Waals surface area contributed by atoms with Crippen molar-refractivity contribution in [2.75, 3.05) is 13.1 Å². The normalized spacial score (nSPS) is 19.4. The van der Waals surface area contributed by atoms with Crippen molar-refractivity contribution in [3.8, 4) is 0 Å². The van der Waals surface area contributed by atoms with Gasteiger partial charge >= 0.3 is 0 Å². The summed E-state index contributed by atoms with van der Waals surface area (Å²) < 4.78 is 39.7. The quantitative estimate of drug-likeness (QED) is 0.851. The zero-order valence-corrected chi connectivity index (χ0v) is 13.9. The third kappa shape index (κ3) is 3.21. The SMILES string of the molecule is CC1(C(N)=S)CCN(S(=O)(=O)c2cc(F)ccc2Cl)CC1. The number of halogens is 2. The molecule has 0 atom stereocenters. The average Bonchev–Trinajstić information content (AvgIpc) is 2.41. The third-order valence-corrected chi connectivity index (χ3v) is 6.80. The molecule has 4 nitrogen and oxygen atoms in total. The Morgan fingerprint density at radius 2 is 2.00 bits per heavy atom. The monoisotopic (exact) mass is 350 g/mol. The van der Waals surface area contributed by atoms with Gasteiger partial charge in [-0.05, 0) is 31.0 Å². The largest absolute Gasteiger partial charge is 0.393 e. The Hall–Kier alpha value is -0.760. The van der Waals surface area contributed by atoms with E-state index in [4.69, 9.17) is 29.6 Å². The van der Waals surface area contributed by atoms with Crippen molar-refractivity contribution in [2.45, 2.75) is 24.7 Å². The summed E-state index contributed by atoms with van der Waals surface area (Å²) in [6.07, 6.45) is 1.07. The van der Waals surface area contributed by atoms with Crippen LogP contribution in [0.25, 0.3) is 0 Å². The number of benzene rings is 1. The van der Waals surface area contributed by atoms with E-state index in [0.717, 1.165) is 12.1 Å². The lowest BCUT2D eigenvalue weighted by Gasteiger charge is -2.38. The van der Waals surface area contributed by atoms with E-state index < -0.39 is 15.8 Å². The molecule has 0 amide bonds. The van der Waals surface area contributed by atoms with Crippen molar-refractivity contribution in [3.05, 3.63) is 29.0 Å². The predicted octanol–water partition coefficient (Wildman–Crippen LogP) is 2.56. The fourth-order valence-electron chi connectivity index (χ4n) is 2.28. The van der Waals surface area contributed by atoms with Crippen LogP contribution in [0.2, 0.25) is 5.02 Å². The summed E-state index contributed by atoms with van der Waals surface area (Å²) in [6, 6.07) is 3.31. The van der Waals surface area contributed by atoms with Gasteiger partial charge in [0.05, 0.1) is 10.0 Å². The van der Waals surface area contributed by atoms with E-state index in [1.165, 1.54) is 10.4 Å². The van der Waals surface area contributed by atoms with Crippen molar-refractivity contribution in [1.82, 2.24) is 4.31 Å². The van der Waals surface area contributed by atoms with Crippen molar-refractivity contribution >= 4 is 38.8 Å². The fraction of sp³-hybridized carbons (Fsp3) is 0.462. The molecular formula is C13H16ClFN2O2S2. The molecule has 1 aliphatic heterocycles. The highest BCUT2D eigenvalue weighted by atomic mass is 35.5. The van der Waals surface area contributed by atoms with Gasteiger partial charge in [-0.15, -0.1) is 0 Å². The van der Waals surface area contributed by atoms with Gasteiger partial charge in [0, 0.05) is 18.5 Å². The fourth-order valence-corrected chi connectivity index (χ4v) is 4.41. The summed E-state index contributed by atoms with van der Waals surface area (Å²) in [5.41, 5.74) is 5.36. The van der Waals surface area contributed by atoms with E-state index in [1.54, 1.807) is 0 Å². The van der Waals surface area contributed by atoms with Crippen LogP contribution in [0.4, 0.5) is 4.39 Å². The average molecular weight is 351 g/mol. The minimum atomic E-state index is -3.81. The summed E-state index contributed by atoms with van der Waals surface area (Å²) >= 11 is 10.9. The summed E-state index contributed by atoms with van der Waals surface area (Å²) in [4.78, 5) is 0.187. The van der Waals surface area contributed by atoms with Gasteiger partial charge in [0.15, 0.2) is 0 Å². The van der Waals surface area contributed by atoms with Crippen molar-refractivity contribution in [1.29, 1.82) is 0 Å². The molecule has 116 valence electrons. The van der Waals surface area contributed by atoms with E-state index in [1.807, 2.05) is 6.92 Å². The standard InChI is InChI=1S/C13H16ClFN2O2S2/c1-13(12(16)20)4-6-17(7-5-13)21(18,19)11-8-9(15)2-3-10(11)14/h2-3,8H,4-7H2,1H3,(H2,16,20). The molecule has 0 unspecified atom stereocenters. The van der Waals surface area contributed by atoms with E-state index in [2.05, 4.69) is 0 Å². The molecule has 2 rings (SSSR count). The number of hydrogen-bond donors (Lipinski definition) is 1. The van der Waals surface area contributed by atoms with Gasteiger partial charge in [-0.25, -0.2) is 12.8 Å². The predicted molar refractivity (Wildman–Crippen MR) is 84.3 cm³/mol. The molecule has 0 spiro atoms. The highest BCUT2D eigenvalue weighted by Gasteiger charge is 2.37. The Morgan fingerprint density at radius 1 is 1.43 bits per heavy atom. The summed E-state index contributed by atoms with van der Waals surface area (Å²) in [5.74, 6) is -0.636. The first-order valence-corrected chi connectivity index (χ1v) is 8.64. The summed E-state index contributed by atoms with van der Waals surface area (Å²) in [6.45, 7) is 2.49. The van der Waals surface area contributed by atoms with Gasteiger partial charge in [-0.2, -0.15) is 4.31 Å². The maximum Gasteiger partial charge on any atom is 0.244 e. The number of nitrogens with zero attached hydrogens (tertiary/aromatic N) is 1. The van der Waals surface area contributed by atoms with Gasteiger partial charge in [0.25, 0.3) is 0 Å². The molecule has 1 aromatic rings. The Kier molecular flexibility index (Phi) is 4.58. The van der Waals surface area contributed by atoms with Crippen molar-refractivity contribution in [2.24, 2.45) is 11.1 Å². The highest BCUT2D eigenvalue weighted by Crippen LogP contribution is 2.34. The minimum Gasteiger partial charge on any atom is -0.393 e. The van der Waals surface area contributed by atoms with Gasteiger partial charge < -0.3 is 5.73 Å². The van der Waals surface area contributed by atoms with E-state index >= 15 is 0 Å². The van der Waals surface area contributed by atoms with Gasteiger partial charge in [0.2, 0.25) is 10.0 Å². The van der Waals surface area contributed by atoms with Gasteiger partial charge in [-0.1, -0.05) is 30.7 Å². The molecule has 0 aliphatic carbocycles. The number of thiocarbonyl (C=S) groups is 1. The van der Waals surface area contributed by atoms with E-state index in [0.29, 0.717) is 17.8 Å². The molecule has 21 heavy (non-hydrogen) atoms. The minimum absolute atomic E-state index is 0.0130. The molecule has 1 aromatic carbocycles. The molecule has 1 fully saturated rings. The first-order chi connectivity index (χ1) is 9.67. The second-order valence-electron chi connectivity index (χ2n) is 5.40. The lowest BCUT2D eigenvalue weighted by Crippen LogP contribution is -2.46. The zero-order valence-electron chi connectivity index (χ0n) is 11.5. The number of hydrogen-bond acceptors (Lipinski definition) is 3. The molecule has 1 saturated heterocycles. The van der Waals surface area contributed by atoms with Crippen molar-refractivity contribution in [3.63, 3.8) is 0 Å².